The average molecular weight is 354 g/mol. The predicted octanol–water partition coefficient (Wildman–Crippen LogP) is 1.39. The van der Waals surface area contributed by atoms with Gasteiger partial charge in [0.15, 0.2) is 5.82 Å². The Hall–Kier alpha value is -2.65. The molecule has 1 amide bonds. The van der Waals surface area contributed by atoms with Crippen LogP contribution in [0, 0.1) is 19.8 Å². The standard InChI is InChI=1S/C15H17F3N6O/c1-9-3-10(2)24(22-9)13-4-12(20-8-21-13)23-5-11(6-23)14(25)19-7-15(16,17)18/h3-4,8,11H,5-7H2,1-2H3,(H,19,25). The summed E-state index contributed by atoms with van der Waals surface area (Å²) in [7, 11) is 0. The molecule has 0 bridgehead atoms. The number of alkyl halides is 3. The molecule has 2 aromatic rings. The van der Waals surface area contributed by atoms with E-state index in [4.69, 9.17) is 0 Å². The minimum atomic E-state index is -4.40. The lowest BCUT2D eigenvalue weighted by Crippen LogP contribution is -2.55. The van der Waals surface area contributed by atoms with E-state index >= 15 is 0 Å². The Morgan fingerprint density at radius 2 is 1.92 bits per heavy atom. The van der Waals surface area contributed by atoms with Crippen molar-refractivity contribution >= 4 is 11.7 Å². The van der Waals surface area contributed by atoms with Crippen molar-refractivity contribution in [1.29, 1.82) is 0 Å². The summed E-state index contributed by atoms with van der Waals surface area (Å²) in [5.41, 5.74) is 1.79. The molecular weight excluding hydrogens is 337 g/mol. The van der Waals surface area contributed by atoms with E-state index in [0.717, 1.165) is 11.4 Å². The molecule has 3 rings (SSSR count). The van der Waals surface area contributed by atoms with E-state index in [1.807, 2.05) is 30.1 Å². The van der Waals surface area contributed by atoms with Crippen LogP contribution in [-0.4, -0.2) is 51.5 Å². The van der Waals surface area contributed by atoms with Gasteiger partial charge in [0.1, 0.15) is 18.7 Å². The largest absolute Gasteiger partial charge is 0.405 e. The van der Waals surface area contributed by atoms with Gasteiger partial charge in [0.25, 0.3) is 0 Å². The number of nitrogens with one attached hydrogen (secondary N) is 1. The first-order valence-corrected chi connectivity index (χ1v) is 7.68. The van der Waals surface area contributed by atoms with Crippen molar-refractivity contribution in [2.45, 2.75) is 20.0 Å². The number of halogens is 3. The molecule has 3 heterocycles. The van der Waals surface area contributed by atoms with Crippen molar-refractivity contribution in [2.24, 2.45) is 5.92 Å². The Balaban J connectivity index is 1.63. The first kappa shape index (κ1) is 17.2. The molecule has 10 heteroatoms. The van der Waals surface area contributed by atoms with Crippen LogP contribution in [0.1, 0.15) is 11.4 Å². The van der Waals surface area contributed by atoms with E-state index in [1.54, 1.807) is 10.7 Å². The molecular formula is C15H17F3N6O. The molecule has 25 heavy (non-hydrogen) atoms. The summed E-state index contributed by atoms with van der Waals surface area (Å²) in [6.45, 7) is 3.12. The Bertz CT molecular complexity index is 782. The first-order valence-electron chi connectivity index (χ1n) is 7.68. The average Bonchev–Trinajstić information content (AvgIpc) is 2.82. The number of amides is 1. The molecule has 0 unspecified atom stereocenters. The normalized spacial score (nSPS) is 15.2. The summed E-state index contributed by atoms with van der Waals surface area (Å²) in [5.74, 6) is 0.133. The number of carbonyl (C=O) groups excluding carboxylic acids is 1. The number of aryl methyl sites for hydroxylation is 2. The summed E-state index contributed by atoms with van der Waals surface area (Å²) in [6.07, 6.45) is -3.00. The number of hydrogen-bond donors (Lipinski definition) is 1. The molecule has 0 aromatic carbocycles. The van der Waals surface area contributed by atoms with Gasteiger partial charge in [-0.2, -0.15) is 18.3 Å². The predicted molar refractivity (Wildman–Crippen MR) is 83.4 cm³/mol. The van der Waals surface area contributed by atoms with Crippen LogP contribution in [0.25, 0.3) is 5.82 Å². The Labute approximate surface area is 141 Å². The number of hydrogen-bond acceptors (Lipinski definition) is 5. The molecule has 1 N–H and O–H groups in total. The number of anilines is 1. The van der Waals surface area contributed by atoms with Gasteiger partial charge in [0.05, 0.1) is 11.6 Å². The van der Waals surface area contributed by atoms with Crippen molar-refractivity contribution in [3.05, 3.63) is 29.8 Å². The SMILES string of the molecule is Cc1cc(C)n(-c2cc(N3CC(C(=O)NCC(F)(F)F)C3)ncn2)n1. The molecule has 0 atom stereocenters. The van der Waals surface area contributed by atoms with E-state index in [0.29, 0.717) is 24.7 Å². The van der Waals surface area contributed by atoms with Crippen LogP contribution in [-0.2, 0) is 4.79 Å². The molecule has 0 saturated carbocycles. The second-order valence-electron chi connectivity index (χ2n) is 6.01. The highest BCUT2D eigenvalue weighted by Gasteiger charge is 2.36. The summed E-state index contributed by atoms with van der Waals surface area (Å²) >= 11 is 0. The Morgan fingerprint density at radius 1 is 1.24 bits per heavy atom. The minimum absolute atomic E-state index is 0.317. The third-order valence-corrected chi connectivity index (χ3v) is 3.90. The highest BCUT2D eigenvalue weighted by Crippen LogP contribution is 2.24. The van der Waals surface area contributed by atoms with Gasteiger partial charge in [-0.25, -0.2) is 14.6 Å². The highest BCUT2D eigenvalue weighted by atomic mass is 19.4. The van der Waals surface area contributed by atoms with Gasteiger partial charge < -0.3 is 10.2 Å². The lowest BCUT2D eigenvalue weighted by molar-refractivity contribution is -0.141. The summed E-state index contributed by atoms with van der Waals surface area (Å²) in [5, 5.41) is 6.26. The number of nitrogens with zero attached hydrogens (tertiary/aromatic N) is 5. The van der Waals surface area contributed by atoms with E-state index in [1.165, 1.54) is 6.33 Å². The van der Waals surface area contributed by atoms with Crippen molar-refractivity contribution in [3.63, 3.8) is 0 Å². The second kappa shape index (κ2) is 6.34. The van der Waals surface area contributed by atoms with Crippen LogP contribution in [0.15, 0.2) is 18.5 Å². The van der Waals surface area contributed by atoms with Gasteiger partial charge >= 0.3 is 6.18 Å². The number of rotatable bonds is 4. The maximum Gasteiger partial charge on any atom is 0.405 e. The Morgan fingerprint density at radius 3 is 2.52 bits per heavy atom. The molecule has 0 radical (unpaired) electrons. The van der Waals surface area contributed by atoms with Crippen LogP contribution in [0.3, 0.4) is 0 Å². The van der Waals surface area contributed by atoms with Crippen molar-refractivity contribution in [1.82, 2.24) is 25.1 Å². The maximum atomic E-state index is 12.1. The second-order valence-corrected chi connectivity index (χ2v) is 6.01. The molecule has 1 aliphatic rings. The van der Waals surface area contributed by atoms with Gasteiger partial charge in [-0.05, 0) is 19.9 Å². The van der Waals surface area contributed by atoms with Crippen LogP contribution < -0.4 is 10.2 Å². The molecule has 0 aliphatic carbocycles. The minimum Gasteiger partial charge on any atom is -0.355 e. The topological polar surface area (TPSA) is 75.9 Å². The van der Waals surface area contributed by atoms with Crippen LogP contribution in [0.2, 0.25) is 0 Å². The summed E-state index contributed by atoms with van der Waals surface area (Å²) < 4.78 is 38.1. The number of aromatic nitrogens is 4. The van der Waals surface area contributed by atoms with E-state index in [2.05, 4.69) is 15.1 Å². The first-order chi connectivity index (χ1) is 11.7. The fourth-order valence-electron chi connectivity index (χ4n) is 2.65. The molecule has 2 aromatic heterocycles. The van der Waals surface area contributed by atoms with Crippen LogP contribution in [0.5, 0.6) is 0 Å². The lowest BCUT2D eigenvalue weighted by Gasteiger charge is -2.39. The Kier molecular flexibility index (Phi) is 4.36. The summed E-state index contributed by atoms with van der Waals surface area (Å²) in [4.78, 5) is 21.9. The van der Waals surface area contributed by atoms with Crippen molar-refractivity contribution in [3.8, 4) is 5.82 Å². The van der Waals surface area contributed by atoms with Gasteiger partial charge in [-0.15, -0.1) is 0 Å². The third-order valence-electron chi connectivity index (χ3n) is 3.90. The fraction of sp³-hybridized carbons (Fsp3) is 0.467. The monoisotopic (exact) mass is 354 g/mol. The molecule has 0 spiro atoms. The van der Waals surface area contributed by atoms with Gasteiger partial charge in [0, 0.05) is 24.8 Å². The van der Waals surface area contributed by atoms with E-state index in [-0.39, 0.29) is 0 Å². The molecule has 1 saturated heterocycles. The fourth-order valence-corrected chi connectivity index (χ4v) is 2.65. The molecule has 1 fully saturated rings. The molecule has 7 nitrogen and oxygen atoms in total. The molecule has 1 aliphatic heterocycles. The van der Waals surface area contributed by atoms with Crippen LogP contribution in [0.4, 0.5) is 19.0 Å². The van der Waals surface area contributed by atoms with E-state index < -0.39 is 24.5 Å². The highest BCUT2D eigenvalue weighted by molar-refractivity contribution is 5.81. The third kappa shape index (κ3) is 3.89. The lowest BCUT2D eigenvalue weighted by atomic mass is 9.99. The number of carbonyl (C=O) groups is 1. The van der Waals surface area contributed by atoms with Gasteiger partial charge in [-0.3, -0.25) is 4.79 Å². The smallest absolute Gasteiger partial charge is 0.355 e. The molecule has 134 valence electrons. The zero-order valence-corrected chi connectivity index (χ0v) is 13.7. The zero-order chi connectivity index (χ0) is 18.2. The van der Waals surface area contributed by atoms with Crippen LogP contribution >= 0.6 is 0 Å². The quantitative estimate of drug-likeness (QED) is 0.898. The van der Waals surface area contributed by atoms with E-state index in [9.17, 15) is 18.0 Å². The summed E-state index contributed by atoms with van der Waals surface area (Å²) in [6, 6.07) is 3.66. The van der Waals surface area contributed by atoms with Crippen molar-refractivity contribution in [2.75, 3.05) is 24.5 Å². The van der Waals surface area contributed by atoms with Gasteiger partial charge in [-0.1, -0.05) is 0 Å². The maximum absolute atomic E-state index is 12.1. The van der Waals surface area contributed by atoms with Gasteiger partial charge in [0.2, 0.25) is 5.91 Å². The van der Waals surface area contributed by atoms with Crippen molar-refractivity contribution < 1.29 is 18.0 Å². The zero-order valence-electron chi connectivity index (χ0n) is 13.7.